The van der Waals surface area contributed by atoms with E-state index in [0.29, 0.717) is 12.2 Å². The van der Waals surface area contributed by atoms with Crippen molar-refractivity contribution in [1.29, 1.82) is 0 Å². The highest BCUT2D eigenvalue weighted by atomic mass is 16.4. The SMILES string of the molecule is CCCCCCC(CCCCCCCCCCC(=O)O)C(=O)c1ccccc1. The Balaban J connectivity index is 2.23. The van der Waals surface area contributed by atoms with Crippen LogP contribution in [-0.4, -0.2) is 16.9 Å². The summed E-state index contributed by atoms with van der Waals surface area (Å²) in [5.74, 6) is -0.180. The molecule has 28 heavy (non-hydrogen) atoms. The van der Waals surface area contributed by atoms with Gasteiger partial charge < -0.3 is 5.11 Å². The molecule has 0 aliphatic carbocycles. The molecule has 1 aromatic rings. The van der Waals surface area contributed by atoms with Gasteiger partial charge in [0.2, 0.25) is 0 Å². The summed E-state index contributed by atoms with van der Waals surface area (Å²) in [6.45, 7) is 2.22. The molecule has 1 N–H and O–H groups in total. The van der Waals surface area contributed by atoms with E-state index < -0.39 is 5.97 Å². The van der Waals surface area contributed by atoms with Gasteiger partial charge in [0.25, 0.3) is 0 Å². The third kappa shape index (κ3) is 11.9. The fourth-order valence-corrected chi connectivity index (χ4v) is 3.79. The van der Waals surface area contributed by atoms with E-state index in [0.717, 1.165) is 50.5 Å². The molecule has 0 bridgehead atoms. The summed E-state index contributed by atoms with van der Waals surface area (Å²) < 4.78 is 0. The Morgan fingerprint density at radius 1 is 0.750 bits per heavy atom. The Hall–Kier alpha value is -1.64. The van der Waals surface area contributed by atoms with E-state index in [4.69, 9.17) is 5.11 Å². The average molecular weight is 389 g/mol. The number of ketones is 1. The van der Waals surface area contributed by atoms with Crippen molar-refractivity contribution in [3.8, 4) is 0 Å². The minimum atomic E-state index is -0.686. The Labute approximate surface area is 171 Å². The largest absolute Gasteiger partial charge is 0.481 e. The van der Waals surface area contributed by atoms with E-state index in [2.05, 4.69) is 6.92 Å². The zero-order valence-corrected chi connectivity index (χ0v) is 17.8. The summed E-state index contributed by atoms with van der Waals surface area (Å²) in [7, 11) is 0. The molecule has 0 fully saturated rings. The molecular weight excluding hydrogens is 348 g/mol. The Bertz CT molecular complexity index is 524. The van der Waals surface area contributed by atoms with Crippen LogP contribution < -0.4 is 0 Å². The topological polar surface area (TPSA) is 54.4 Å². The van der Waals surface area contributed by atoms with Gasteiger partial charge in [-0.25, -0.2) is 0 Å². The second-order valence-electron chi connectivity index (χ2n) is 8.04. The minimum Gasteiger partial charge on any atom is -0.481 e. The maximum Gasteiger partial charge on any atom is 0.303 e. The lowest BCUT2D eigenvalue weighted by molar-refractivity contribution is -0.137. The molecular formula is C25H40O3. The number of hydrogen-bond donors (Lipinski definition) is 1. The van der Waals surface area contributed by atoms with Crippen LogP contribution in [0.5, 0.6) is 0 Å². The highest BCUT2D eigenvalue weighted by molar-refractivity contribution is 5.97. The van der Waals surface area contributed by atoms with Crippen LogP contribution in [0, 0.1) is 5.92 Å². The van der Waals surface area contributed by atoms with Crippen molar-refractivity contribution in [3.63, 3.8) is 0 Å². The minimum absolute atomic E-state index is 0.176. The summed E-state index contributed by atoms with van der Waals surface area (Å²) in [5.41, 5.74) is 0.865. The molecule has 3 heteroatoms. The Morgan fingerprint density at radius 3 is 1.79 bits per heavy atom. The van der Waals surface area contributed by atoms with Gasteiger partial charge in [-0.1, -0.05) is 108 Å². The van der Waals surface area contributed by atoms with Crippen LogP contribution in [0.15, 0.2) is 30.3 Å². The first-order valence-corrected chi connectivity index (χ1v) is 11.5. The maximum atomic E-state index is 12.9. The molecule has 1 rings (SSSR count). The fourth-order valence-electron chi connectivity index (χ4n) is 3.79. The fraction of sp³-hybridized carbons (Fsp3) is 0.680. The molecule has 0 saturated carbocycles. The smallest absolute Gasteiger partial charge is 0.303 e. The summed E-state index contributed by atoms with van der Waals surface area (Å²) >= 11 is 0. The Morgan fingerprint density at radius 2 is 1.25 bits per heavy atom. The van der Waals surface area contributed by atoms with Crippen molar-refractivity contribution < 1.29 is 14.7 Å². The Kier molecular flexibility index (Phi) is 14.2. The third-order valence-electron chi connectivity index (χ3n) is 5.53. The van der Waals surface area contributed by atoms with Gasteiger partial charge >= 0.3 is 5.97 Å². The lowest BCUT2D eigenvalue weighted by Crippen LogP contribution is -2.15. The van der Waals surface area contributed by atoms with Gasteiger partial charge in [0.05, 0.1) is 0 Å². The zero-order valence-electron chi connectivity index (χ0n) is 17.8. The lowest BCUT2D eigenvalue weighted by Gasteiger charge is -2.16. The monoisotopic (exact) mass is 388 g/mol. The van der Waals surface area contributed by atoms with Crippen molar-refractivity contribution in [2.24, 2.45) is 5.92 Å². The number of carbonyl (C=O) groups is 2. The number of aliphatic carboxylic acids is 1. The van der Waals surface area contributed by atoms with Crippen LogP contribution in [-0.2, 0) is 4.79 Å². The van der Waals surface area contributed by atoms with E-state index >= 15 is 0 Å². The number of Topliss-reactive ketones (excluding diaryl/α,β-unsaturated/α-hetero) is 1. The summed E-state index contributed by atoms with van der Waals surface area (Å²) in [6, 6.07) is 9.78. The number of carbonyl (C=O) groups excluding carboxylic acids is 1. The molecule has 1 aromatic carbocycles. The summed E-state index contributed by atoms with van der Waals surface area (Å²) in [6.07, 6.45) is 16.2. The zero-order chi connectivity index (χ0) is 20.5. The number of rotatable bonds is 18. The van der Waals surface area contributed by atoms with E-state index in [1.165, 1.54) is 44.9 Å². The second kappa shape index (κ2) is 16.3. The van der Waals surface area contributed by atoms with E-state index in [9.17, 15) is 9.59 Å². The van der Waals surface area contributed by atoms with E-state index in [-0.39, 0.29) is 5.92 Å². The maximum absolute atomic E-state index is 12.9. The van der Waals surface area contributed by atoms with Crippen LogP contribution >= 0.6 is 0 Å². The number of hydrogen-bond acceptors (Lipinski definition) is 2. The molecule has 0 aromatic heterocycles. The van der Waals surface area contributed by atoms with Crippen molar-refractivity contribution in [3.05, 3.63) is 35.9 Å². The number of unbranched alkanes of at least 4 members (excludes halogenated alkanes) is 10. The molecule has 0 spiro atoms. The summed E-state index contributed by atoms with van der Waals surface area (Å²) in [5, 5.41) is 8.63. The van der Waals surface area contributed by atoms with Crippen molar-refractivity contribution in [2.45, 2.75) is 103 Å². The van der Waals surface area contributed by atoms with Gasteiger partial charge in [-0.05, 0) is 19.3 Å². The van der Waals surface area contributed by atoms with E-state index in [1.54, 1.807) is 0 Å². The molecule has 158 valence electrons. The quantitative estimate of drug-likeness (QED) is 0.210. The number of benzene rings is 1. The molecule has 3 nitrogen and oxygen atoms in total. The van der Waals surface area contributed by atoms with Gasteiger partial charge in [-0.3, -0.25) is 9.59 Å². The molecule has 0 amide bonds. The van der Waals surface area contributed by atoms with Crippen LogP contribution in [0.25, 0.3) is 0 Å². The number of carboxylic acids is 1. The predicted octanol–water partition coefficient (Wildman–Crippen LogP) is 7.44. The van der Waals surface area contributed by atoms with Gasteiger partial charge in [0.15, 0.2) is 5.78 Å². The van der Waals surface area contributed by atoms with Crippen LogP contribution in [0.4, 0.5) is 0 Å². The van der Waals surface area contributed by atoms with Crippen molar-refractivity contribution in [2.75, 3.05) is 0 Å². The first-order valence-electron chi connectivity index (χ1n) is 11.5. The molecule has 0 heterocycles. The van der Waals surface area contributed by atoms with Gasteiger partial charge in [-0.15, -0.1) is 0 Å². The predicted molar refractivity (Wildman–Crippen MR) is 117 cm³/mol. The van der Waals surface area contributed by atoms with Crippen molar-refractivity contribution in [1.82, 2.24) is 0 Å². The third-order valence-corrected chi connectivity index (χ3v) is 5.53. The van der Waals surface area contributed by atoms with Gasteiger partial charge in [0, 0.05) is 17.9 Å². The molecule has 0 radical (unpaired) electrons. The van der Waals surface area contributed by atoms with Gasteiger partial charge in [-0.2, -0.15) is 0 Å². The molecule has 0 aliphatic heterocycles. The molecule has 1 unspecified atom stereocenters. The van der Waals surface area contributed by atoms with Gasteiger partial charge in [0.1, 0.15) is 0 Å². The summed E-state index contributed by atoms with van der Waals surface area (Å²) in [4.78, 5) is 23.4. The molecule has 1 atom stereocenters. The first-order chi connectivity index (χ1) is 13.6. The van der Waals surface area contributed by atoms with Crippen LogP contribution in [0.2, 0.25) is 0 Å². The molecule has 0 saturated heterocycles. The standard InChI is InChI=1S/C25H40O3/c1-2-3-4-12-17-22(25(28)23-19-14-11-15-20-23)18-13-9-7-5-6-8-10-16-21-24(26)27/h11,14-15,19-20,22H,2-10,12-13,16-18,21H2,1H3,(H,26,27). The molecule has 0 aliphatic rings. The second-order valence-corrected chi connectivity index (χ2v) is 8.04. The highest BCUT2D eigenvalue weighted by Gasteiger charge is 2.19. The van der Waals surface area contributed by atoms with Crippen LogP contribution in [0.3, 0.4) is 0 Å². The van der Waals surface area contributed by atoms with Crippen LogP contribution in [0.1, 0.15) is 114 Å². The van der Waals surface area contributed by atoms with E-state index in [1.807, 2.05) is 30.3 Å². The first kappa shape index (κ1) is 24.4. The van der Waals surface area contributed by atoms with Crippen molar-refractivity contribution >= 4 is 11.8 Å². The normalized spacial score (nSPS) is 12.0. The average Bonchev–Trinajstić information content (AvgIpc) is 2.70. The highest BCUT2D eigenvalue weighted by Crippen LogP contribution is 2.23. The number of carboxylic acid groups (broad SMARTS) is 1. The lowest BCUT2D eigenvalue weighted by atomic mass is 9.87.